The molecule has 1 aromatic heterocycles. The fraction of sp³-hybridized carbons (Fsp3) is 0.231. The van der Waals surface area contributed by atoms with Gasteiger partial charge in [-0.2, -0.15) is 0 Å². The highest BCUT2D eigenvalue weighted by Gasteiger charge is 2.08. The van der Waals surface area contributed by atoms with Crippen LogP contribution in [0.3, 0.4) is 0 Å². The highest BCUT2D eigenvalue weighted by Crippen LogP contribution is 2.32. The predicted molar refractivity (Wildman–Crippen MR) is 90.5 cm³/mol. The van der Waals surface area contributed by atoms with Gasteiger partial charge in [0.2, 0.25) is 0 Å². The Balaban J connectivity index is 0.00000180. The molecule has 0 bridgehead atoms. The van der Waals surface area contributed by atoms with Crippen molar-refractivity contribution in [2.75, 3.05) is 7.11 Å². The van der Waals surface area contributed by atoms with Crippen LogP contribution in [0.1, 0.15) is 10.4 Å². The van der Waals surface area contributed by atoms with Gasteiger partial charge in [0.05, 0.1) is 11.6 Å². The number of benzene rings is 1. The Kier molecular flexibility index (Phi) is 7.39. The molecule has 2 aromatic rings. The third-order valence-electron chi connectivity index (χ3n) is 2.48. The number of rotatable bonds is 5. The van der Waals surface area contributed by atoms with Crippen LogP contribution in [0.5, 0.6) is 5.75 Å². The van der Waals surface area contributed by atoms with Crippen molar-refractivity contribution in [1.82, 2.24) is 5.32 Å². The first kappa shape index (κ1) is 17.0. The number of thiophene rings is 1. The zero-order valence-electron chi connectivity index (χ0n) is 10.3. The number of ether oxygens (including phenoxy) is 1. The summed E-state index contributed by atoms with van der Waals surface area (Å²) in [6.45, 7) is 1.66. The van der Waals surface area contributed by atoms with Crippen molar-refractivity contribution in [3.05, 3.63) is 49.0 Å². The molecule has 6 heteroatoms. The quantitative estimate of drug-likeness (QED) is 0.726. The molecule has 0 saturated heterocycles. The number of halogens is 3. The van der Waals surface area contributed by atoms with Gasteiger partial charge in [0.15, 0.2) is 0 Å². The van der Waals surface area contributed by atoms with E-state index in [4.69, 9.17) is 4.74 Å². The van der Waals surface area contributed by atoms with Crippen LogP contribution in [-0.4, -0.2) is 7.11 Å². The van der Waals surface area contributed by atoms with Gasteiger partial charge in [0, 0.05) is 28.0 Å². The van der Waals surface area contributed by atoms with Crippen LogP contribution >= 0.6 is 55.6 Å². The molecule has 1 heterocycles. The molecule has 2 nitrogen and oxygen atoms in total. The monoisotopic (exact) mass is 425 g/mol. The normalized spacial score (nSPS) is 10.1. The molecule has 0 unspecified atom stereocenters. The maximum Gasteiger partial charge on any atom is 0.137 e. The number of hydrogen-bond donors (Lipinski definition) is 1. The minimum atomic E-state index is 0. The van der Waals surface area contributed by atoms with E-state index in [1.165, 1.54) is 4.88 Å². The summed E-state index contributed by atoms with van der Waals surface area (Å²) in [6.07, 6.45) is 0. The topological polar surface area (TPSA) is 21.3 Å². The van der Waals surface area contributed by atoms with Crippen molar-refractivity contribution in [3.63, 3.8) is 0 Å². The molecule has 1 aromatic carbocycles. The van der Waals surface area contributed by atoms with Crippen molar-refractivity contribution in [2.24, 2.45) is 0 Å². The van der Waals surface area contributed by atoms with E-state index in [1.807, 2.05) is 6.07 Å². The van der Waals surface area contributed by atoms with Crippen LogP contribution in [0.2, 0.25) is 0 Å². The van der Waals surface area contributed by atoms with Crippen LogP contribution in [0.15, 0.2) is 38.6 Å². The van der Waals surface area contributed by atoms with E-state index in [0.717, 1.165) is 33.3 Å². The predicted octanol–water partition coefficient (Wildman–Crippen LogP) is 4.99. The summed E-state index contributed by atoms with van der Waals surface area (Å²) < 4.78 is 7.42. The lowest BCUT2D eigenvalue weighted by Crippen LogP contribution is -2.12. The zero-order chi connectivity index (χ0) is 13.0. The third-order valence-corrected chi connectivity index (χ3v) is 4.41. The van der Waals surface area contributed by atoms with E-state index in [-0.39, 0.29) is 12.4 Å². The van der Waals surface area contributed by atoms with Crippen LogP contribution in [0.25, 0.3) is 0 Å². The van der Waals surface area contributed by atoms with E-state index in [1.54, 1.807) is 18.4 Å². The van der Waals surface area contributed by atoms with E-state index in [0.29, 0.717) is 0 Å². The molecular weight excluding hydrogens is 413 g/mol. The van der Waals surface area contributed by atoms with Crippen LogP contribution in [-0.2, 0) is 13.1 Å². The summed E-state index contributed by atoms with van der Waals surface area (Å²) in [7, 11) is 1.69. The van der Waals surface area contributed by atoms with Crippen molar-refractivity contribution < 1.29 is 4.74 Å². The molecule has 0 aliphatic rings. The SMILES string of the molecule is COc1c(Br)cc(Br)cc1CNCc1cccs1.Cl. The summed E-state index contributed by atoms with van der Waals surface area (Å²) in [4.78, 5) is 1.34. The molecular formula is C13H14Br2ClNOS. The van der Waals surface area contributed by atoms with Gasteiger partial charge in [0.25, 0.3) is 0 Å². The fourth-order valence-corrected chi connectivity index (χ4v) is 3.86. The summed E-state index contributed by atoms with van der Waals surface area (Å²) >= 11 is 8.77. The highest BCUT2D eigenvalue weighted by atomic mass is 79.9. The molecule has 104 valence electrons. The van der Waals surface area contributed by atoms with Gasteiger partial charge in [-0.3, -0.25) is 0 Å². The molecule has 1 N–H and O–H groups in total. The lowest BCUT2D eigenvalue weighted by atomic mass is 10.2. The molecule has 0 fully saturated rings. The zero-order valence-corrected chi connectivity index (χ0v) is 15.1. The second-order valence-electron chi connectivity index (χ2n) is 3.76. The first-order valence-electron chi connectivity index (χ1n) is 5.45. The maximum absolute atomic E-state index is 5.41. The van der Waals surface area contributed by atoms with Crippen LogP contribution in [0.4, 0.5) is 0 Å². The Labute approximate surface area is 140 Å². The molecule has 2 rings (SSSR count). The molecule has 0 radical (unpaired) electrons. The second-order valence-corrected chi connectivity index (χ2v) is 6.57. The summed E-state index contributed by atoms with van der Waals surface area (Å²) in [5.41, 5.74) is 1.13. The molecule has 0 saturated carbocycles. The Morgan fingerprint density at radius 3 is 2.68 bits per heavy atom. The van der Waals surface area contributed by atoms with Gasteiger partial charge >= 0.3 is 0 Å². The highest BCUT2D eigenvalue weighted by molar-refractivity contribution is 9.11. The average Bonchev–Trinajstić information content (AvgIpc) is 2.81. The van der Waals surface area contributed by atoms with Crippen molar-refractivity contribution in [2.45, 2.75) is 13.1 Å². The smallest absolute Gasteiger partial charge is 0.137 e. The van der Waals surface area contributed by atoms with Crippen LogP contribution < -0.4 is 10.1 Å². The maximum atomic E-state index is 5.41. The van der Waals surface area contributed by atoms with Gasteiger partial charge < -0.3 is 10.1 Å². The Morgan fingerprint density at radius 2 is 2.05 bits per heavy atom. The summed E-state index contributed by atoms with van der Waals surface area (Å²) in [5, 5.41) is 5.51. The molecule has 0 atom stereocenters. The average molecular weight is 428 g/mol. The first-order chi connectivity index (χ1) is 8.70. The fourth-order valence-electron chi connectivity index (χ4n) is 1.71. The minimum absolute atomic E-state index is 0. The van der Waals surface area contributed by atoms with Gasteiger partial charge in [-0.05, 0) is 39.5 Å². The number of methoxy groups -OCH3 is 1. The largest absolute Gasteiger partial charge is 0.495 e. The Bertz CT molecular complexity index is 520. The van der Waals surface area contributed by atoms with E-state index in [2.05, 4.69) is 60.8 Å². The summed E-state index contributed by atoms with van der Waals surface area (Å²) in [5.74, 6) is 0.886. The third kappa shape index (κ3) is 4.76. The number of nitrogens with one attached hydrogen (secondary N) is 1. The Morgan fingerprint density at radius 1 is 1.26 bits per heavy atom. The van der Waals surface area contributed by atoms with E-state index < -0.39 is 0 Å². The molecule has 0 amide bonds. The summed E-state index contributed by atoms with van der Waals surface area (Å²) in [6, 6.07) is 8.26. The minimum Gasteiger partial charge on any atom is -0.495 e. The molecule has 0 spiro atoms. The Hall–Kier alpha value is -0.0700. The van der Waals surface area contributed by atoms with Gasteiger partial charge in [-0.25, -0.2) is 0 Å². The van der Waals surface area contributed by atoms with E-state index in [9.17, 15) is 0 Å². The standard InChI is InChI=1S/C13H13Br2NOS.ClH/c1-17-13-9(5-10(14)6-12(13)15)7-16-8-11-3-2-4-18-11;/h2-6,16H,7-8H2,1H3;1H. The molecule has 0 aliphatic heterocycles. The number of hydrogen-bond acceptors (Lipinski definition) is 3. The molecule has 0 aliphatic carbocycles. The first-order valence-corrected chi connectivity index (χ1v) is 7.92. The van der Waals surface area contributed by atoms with Crippen molar-refractivity contribution >= 4 is 55.6 Å². The van der Waals surface area contributed by atoms with E-state index >= 15 is 0 Å². The van der Waals surface area contributed by atoms with Crippen molar-refractivity contribution in [1.29, 1.82) is 0 Å². The van der Waals surface area contributed by atoms with Gasteiger partial charge in [-0.1, -0.05) is 22.0 Å². The second kappa shape index (κ2) is 8.27. The van der Waals surface area contributed by atoms with Gasteiger partial charge in [0.1, 0.15) is 5.75 Å². The molecule has 19 heavy (non-hydrogen) atoms. The lowest BCUT2D eigenvalue weighted by Gasteiger charge is -2.12. The lowest BCUT2D eigenvalue weighted by molar-refractivity contribution is 0.405. The van der Waals surface area contributed by atoms with Crippen molar-refractivity contribution in [3.8, 4) is 5.75 Å². The van der Waals surface area contributed by atoms with Crippen LogP contribution in [0, 0.1) is 0 Å². The van der Waals surface area contributed by atoms with Gasteiger partial charge in [-0.15, -0.1) is 23.7 Å².